The van der Waals surface area contributed by atoms with Gasteiger partial charge in [-0.1, -0.05) is 18.2 Å². The molecule has 0 fully saturated rings. The largest absolute Gasteiger partial charge is 0.490 e. The topological polar surface area (TPSA) is 72.7 Å². The molecule has 0 spiro atoms. The molecule has 0 saturated heterocycles. The molecule has 0 amide bonds. The van der Waals surface area contributed by atoms with Crippen LogP contribution >= 0.6 is 0 Å². The van der Waals surface area contributed by atoms with Crippen LogP contribution in [0.1, 0.15) is 25.0 Å². The number of aromatic nitrogens is 2. The summed E-state index contributed by atoms with van der Waals surface area (Å²) in [6, 6.07) is 16.3. The zero-order valence-electron chi connectivity index (χ0n) is 18.5. The number of rotatable bonds is 10. The van der Waals surface area contributed by atoms with Gasteiger partial charge in [0, 0.05) is 32.5 Å². The Morgan fingerprint density at radius 1 is 0.968 bits per heavy atom. The van der Waals surface area contributed by atoms with Gasteiger partial charge >= 0.3 is 0 Å². The summed E-state index contributed by atoms with van der Waals surface area (Å²) < 4.78 is 13.2. The normalized spacial score (nSPS) is 11.3. The summed E-state index contributed by atoms with van der Waals surface area (Å²) in [6.45, 7) is 6.61. The quantitative estimate of drug-likeness (QED) is 0.387. The first-order valence-electron chi connectivity index (χ1n) is 10.7. The van der Waals surface area contributed by atoms with E-state index in [2.05, 4.69) is 38.9 Å². The Balaban J connectivity index is 1.51. The van der Waals surface area contributed by atoms with Gasteiger partial charge in [0.1, 0.15) is 0 Å². The highest BCUT2D eigenvalue weighted by Gasteiger charge is 2.07. The number of hydrogen-bond donors (Lipinski definition) is 2. The van der Waals surface area contributed by atoms with Gasteiger partial charge in [-0.25, -0.2) is 4.68 Å². The second kappa shape index (κ2) is 11.6. The summed E-state index contributed by atoms with van der Waals surface area (Å²) >= 11 is 0. The van der Waals surface area contributed by atoms with Gasteiger partial charge in [0.2, 0.25) is 0 Å². The molecule has 1 heterocycles. The third-order valence-corrected chi connectivity index (χ3v) is 4.68. The Morgan fingerprint density at radius 2 is 1.81 bits per heavy atom. The van der Waals surface area contributed by atoms with Crippen molar-refractivity contribution in [1.29, 1.82) is 0 Å². The first-order valence-corrected chi connectivity index (χ1v) is 10.7. The minimum Gasteiger partial charge on any atom is -0.490 e. The Hall–Kier alpha value is -3.48. The first-order chi connectivity index (χ1) is 15.2. The van der Waals surface area contributed by atoms with Gasteiger partial charge < -0.3 is 20.1 Å². The highest BCUT2D eigenvalue weighted by atomic mass is 16.5. The summed E-state index contributed by atoms with van der Waals surface area (Å²) in [5, 5.41) is 11.0. The molecule has 2 aromatic carbocycles. The molecular formula is C24H31N5O2. The van der Waals surface area contributed by atoms with E-state index in [9.17, 15) is 0 Å². The highest BCUT2D eigenvalue weighted by molar-refractivity contribution is 5.79. The molecule has 0 aliphatic carbocycles. The van der Waals surface area contributed by atoms with Crippen molar-refractivity contribution < 1.29 is 9.47 Å². The fourth-order valence-electron chi connectivity index (χ4n) is 3.21. The van der Waals surface area contributed by atoms with Crippen molar-refractivity contribution in [3.05, 3.63) is 72.1 Å². The minimum absolute atomic E-state index is 0.611. The highest BCUT2D eigenvalue weighted by Crippen LogP contribution is 2.28. The van der Waals surface area contributed by atoms with E-state index in [-0.39, 0.29) is 0 Å². The van der Waals surface area contributed by atoms with Gasteiger partial charge in [0.15, 0.2) is 17.5 Å². The molecular weight excluding hydrogens is 390 g/mol. The van der Waals surface area contributed by atoms with E-state index in [4.69, 9.17) is 9.47 Å². The zero-order valence-corrected chi connectivity index (χ0v) is 18.5. The lowest BCUT2D eigenvalue weighted by molar-refractivity contribution is 0.287. The Labute approximate surface area is 184 Å². The molecule has 31 heavy (non-hydrogen) atoms. The number of guanidine groups is 1. The number of aliphatic imine (C=N–C) groups is 1. The van der Waals surface area contributed by atoms with Crippen molar-refractivity contribution in [3.8, 4) is 17.2 Å². The van der Waals surface area contributed by atoms with Crippen molar-refractivity contribution >= 4 is 5.96 Å². The van der Waals surface area contributed by atoms with E-state index in [1.54, 1.807) is 13.2 Å². The molecule has 164 valence electrons. The fourth-order valence-corrected chi connectivity index (χ4v) is 3.21. The molecule has 1 aromatic heterocycles. The van der Waals surface area contributed by atoms with E-state index in [0.29, 0.717) is 19.8 Å². The monoisotopic (exact) mass is 421 g/mol. The van der Waals surface area contributed by atoms with E-state index < -0.39 is 0 Å². The van der Waals surface area contributed by atoms with Crippen LogP contribution in [-0.4, -0.2) is 42.5 Å². The van der Waals surface area contributed by atoms with Gasteiger partial charge in [-0.05, 0) is 61.7 Å². The fraction of sp³-hybridized carbons (Fsp3) is 0.333. The van der Waals surface area contributed by atoms with Crippen LogP contribution in [0, 0.1) is 0 Å². The maximum Gasteiger partial charge on any atom is 0.191 e. The number of nitrogens with zero attached hydrogens (tertiary/aromatic N) is 3. The van der Waals surface area contributed by atoms with Crippen LogP contribution in [0.4, 0.5) is 0 Å². The van der Waals surface area contributed by atoms with Crippen LogP contribution in [-0.2, 0) is 13.0 Å². The maximum absolute atomic E-state index is 5.72. The van der Waals surface area contributed by atoms with Gasteiger partial charge in [-0.3, -0.25) is 4.99 Å². The lowest BCUT2D eigenvalue weighted by Crippen LogP contribution is -2.37. The Morgan fingerprint density at radius 3 is 2.55 bits per heavy atom. The standard InChI is InChI=1S/C24H31N5O2/c1-4-30-22-11-10-19(17-23(22)31-5-2)12-14-26-24(25-3)27-18-20-8-6-9-21(16-20)29-15-7-13-28-29/h6-11,13,15-17H,4-5,12,14,18H2,1-3H3,(H2,25,26,27). The summed E-state index contributed by atoms with van der Waals surface area (Å²) in [6.07, 6.45) is 4.56. The lowest BCUT2D eigenvalue weighted by Gasteiger charge is -2.14. The molecule has 0 bridgehead atoms. The number of nitrogens with one attached hydrogen (secondary N) is 2. The first kappa shape index (κ1) is 22.2. The molecule has 3 rings (SSSR count). The smallest absolute Gasteiger partial charge is 0.191 e. The Bertz CT molecular complexity index is 970. The van der Waals surface area contributed by atoms with E-state index >= 15 is 0 Å². The van der Waals surface area contributed by atoms with Crippen LogP contribution in [0.5, 0.6) is 11.5 Å². The van der Waals surface area contributed by atoms with Gasteiger partial charge in [-0.15, -0.1) is 0 Å². The minimum atomic E-state index is 0.611. The van der Waals surface area contributed by atoms with Crippen molar-refractivity contribution in [2.75, 3.05) is 26.8 Å². The summed E-state index contributed by atoms with van der Waals surface area (Å²) in [5.74, 6) is 2.35. The van der Waals surface area contributed by atoms with Crippen LogP contribution in [0.15, 0.2) is 65.9 Å². The summed E-state index contributed by atoms with van der Waals surface area (Å²) in [4.78, 5) is 4.32. The van der Waals surface area contributed by atoms with Crippen LogP contribution in [0.2, 0.25) is 0 Å². The third kappa shape index (κ3) is 6.50. The molecule has 0 radical (unpaired) electrons. The van der Waals surface area contributed by atoms with E-state index in [1.165, 1.54) is 5.56 Å². The third-order valence-electron chi connectivity index (χ3n) is 4.68. The van der Waals surface area contributed by atoms with Crippen molar-refractivity contribution in [2.24, 2.45) is 4.99 Å². The number of hydrogen-bond acceptors (Lipinski definition) is 4. The van der Waals surface area contributed by atoms with Crippen molar-refractivity contribution in [1.82, 2.24) is 20.4 Å². The Kier molecular flexibility index (Phi) is 8.34. The molecule has 0 aliphatic rings. The van der Waals surface area contributed by atoms with Gasteiger partial charge in [0.25, 0.3) is 0 Å². The summed E-state index contributed by atoms with van der Waals surface area (Å²) in [5.41, 5.74) is 3.37. The molecule has 0 saturated carbocycles. The second-order valence-corrected chi connectivity index (χ2v) is 6.87. The molecule has 2 N–H and O–H groups in total. The average Bonchev–Trinajstić information content (AvgIpc) is 3.33. The molecule has 0 unspecified atom stereocenters. The van der Waals surface area contributed by atoms with Crippen LogP contribution in [0.25, 0.3) is 5.69 Å². The maximum atomic E-state index is 5.72. The predicted molar refractivity (Wildman–Crippen MR) is 124 cm³/mol. The van der Waals surface area contributed by atoms with Crippen molar-refractivity contribution in [2.45, 2.75) is 26.8 Å². The van der Waals surface area contributed by atoms with Crippen LogP contribution in [0.3, 0.4) is 0 Å². The lowest BCUT2D eigenvalue weighted by atomic mass is 10.1. The SMILES string of the molecule is CCOc1ccc(CCNC(=NC)NCc2cccc(-n3cccn3)c2)cc1OCC. The molecule has 0 atom stereocenters. The van der Waals surface area contributed by atoms with Crippen molar-refractivity contribution in [3.63, 3.8) is 0 Å². The summed E-state index contributed by atoms with van der Waals surface area (Å²) in [7, 11) is 1.78. The van der Waals surface area contributed by atoms with Gasteiger partial charge in [-0.2, -0.15) is 5.10 Å². The van der Waals surface area contributed by atoms with E-state index in [1.807, 2.05) is 55.1 Å². The second-order valence-electron chi connectivity index (χ2n) is 6.87. The average molecular weight is 422 g/mol. The molecule has 7 nitrogen and oxygen atoms in total. The predicted octanol–water partition coefficient (Wildman–Crippen LogP) is 3.58. The zero-order chi connectivity index (χ0) is 21.9. The molecule has 0 aliphatic heterocycles. The van der Waals surface area contributed by atoms with E-state index in [0.717, 1.165) is 41.7 Å². The van der Waals surface area contributed by atoms with Crippen LogP contribution < -0.4 is 20.1 Å². The molecule has 7 heteroatoms. The number of ether oxygens (including phenoxy) is 2. The number of benzene rings is 2. The van der Waals surface area contributed by atoms with Gasteiger partial charge in [0.05, 0.1) is 18.9 Å². The molecule has 3 aromatic rings.